The topological polar surface area (TPSA) is 69.6 Å². The molecule has 1 unspecified atom stereocenters. The molecule has 1 rings (SSSR count). The van der Waals surface area contributed by atoms with Gasteiger partial charge in [0.15, 0.2) is 0 Å². The average Bonchev–Trinajstić information content (AvgIpc) is 2.26. The van der Waals surface area contributed by atoms with Crippen LogP contribution in [0.4, 0.5) is 0 Å². The second-order valence-corrected chi connectivity index (χ2v) is 6.61. The second-order valence-electron chi connectivity index (χ2n) is 6.61. The van der Waals surface area contributed by atoms with Gasteiger partial charge in [0.1, 0.15) is 0 Å². The number of carboxylic acid groups (broad SMARTS) is 1. The lowest BCUT2D eigenvalue weighted by atomic mass is 9.90. The molecule has 1 amide bonds. The van der Waals surface area contributed by atoms with Crippen molar-refractivity contribution in [3.05, 3.63) is 0 Å². The molecule has 5 nitrogen and oxygen atoms in total. The van der Waals surface area contributed by atoms with Crippen LogP contribution in [0, 0.1) is 11.3 Å². The number of carbonyl (C=O) groups is 2. The summed E-state index contributed by atoms with van der Waals surface area (Å²) in [4.78, 5) is 24.5. The summed E-state index contributed by atoms with van der Waals surface area (Å²) >= 11 is 0. The Kier molecular flexibility index (Phi) is 5.79. The van der Waals surface area contributed by atoms with Gasteiger partial charge in [-0.1, -0.05) is 20.8 Å². The minimum Gasteiger partial charge on any atom is -0.480 e. The van der Waals surface area contributed by atoms with E-state index in [1.165, 1.54) is 0 Å². The molecule has 0 saturated carbocycles. The molecule has 5 heteroatoms. The van der Waals surface area contributed by atoms with Crippen molar-refractivity contribution < 1.29 is 14.7 Å². The van der Waals surface area contributed by atoms with E-state index in [-0.39, 0.29) is 17.9 Å². The van der Waals surface area contributed by atoms with Crippen molar-refractivity contribution >= 4 is 11.9 Å². The van der Waals surface area contributed by atoms with E-state index in [2.05, 4.69) is 26.1 Å². The third kappa shape index (κ3) is 6.57. The minimum atomic E-state index is -0.837. The van der Waals surface area contributed by atoms with Crippen LogP contribution in [0.5, 0.6) is 0 Å². The third-order valence-corrected chi connectivity index (χ3v) is 3.26. The van der Waals surface area contributed by atoms with Crippen molar-refractivity contribution in [1.29, 1.82) is 0 Å². The van der Waals surface area contributed by atoms with E-state index < -0.39 is 5.97 Å². The Balaban J connectivity index is 2.37. The quantitative estimate of drug-likeness (QED) is 0.791. The minimum absolute atomic E-state index is 0.00750. The normalized spacial score (nSPS) is 20.4. The highest BCUT2D eigenvalue weighted by atomic mass is 16.4. The monoisotopic (exact) mass is 270 g/mol. The van der Waals surface area contributed by atoms with Crippen LogP contribution in [-0.4, -0.2) is 48.1 Å². The van der Waals surface area contributed by atoms with Gasteiger partial charge in [-0.3, -0.25) is 9.59 Å². The number of carboxylic acids is 1. The number of rotatable bonds is 5. The molecule has 1 aliphatic rings. The number of hydrogen-bond acceptors (Lipinski definition) is 3. The molecule has 0 aromatic rings. The van der Waals surface area contributed by atoms with Gasteiger partial charge < -0.3 is 15.3 Å². The van der Waals surface area contributed by atoms with Crippen molar-refractivity contribution in [2.45, 2.75) is 40.0 Å². The van der Waals surface area contributed by atoms with Crippen LogP contribution in [0.3, 0.4) is 0 Å². The molecule has 2 N–H and O–H groups in total. The lowest BCUT2D eigenvalue weighted by Crippen LogP contribution is -2.44. The van der Waals surface area contributed by atoms with Crippen LogP contribution in [0.15, 0.2) is 0 Å². The molecular weight excluding hydrogens is 244 g/mol. The Labute approximate surface area is 115 Å². The summed E-state index contributed by atoms with van der Waals surface area (Å²) in [7, 11) is 0. The molecule has 1 aliphatic heterocycles. The number of nitrogens with zero attached hydrogens (tertiary/aromatic N) is 1. The molecule has 1 saturated heterocycles. The maximum absolute atomic E-state index is 12.2. The SMILES string of the molecule is CC(C)(C)CC(=O)N1CCCC(CNCC(=O)O)C1. The fourth-order valence-corrected chi connectivity index (χ4v) is 2.41. The fourth-order valence-electron chi connectivity index (χ4n) is 2.41. The highest BCUT2D eigenvalue weighted by molar-refractivity contribution is 5.76. The van der Waals surface area contributed by atoms with Crippen molar-refractivity contribution in [2.24, 2.45) is 11.3 Å². The molecule has 0 aromatic carbocycles. The number of amides is 1. The zero-order valence-electron chi connectivity index (χ0n) is 12.2. The second kappa shape index (κ2) is 6.89. The smallest absolute Gasteiger partial charge is 0.317 e. The number of nitrogens with one attached hydrogen (secondary N) is 1. The first-order chi connectivity index (χ1) is 8.78. The largest absolute Gasteiger partial charge is 0.480 e. The zero-order chi connectivity index (χ0) is 14.5. The molecule has 110 valence electrons. The standard InChI is InChI=1S/C14H26N2O3/c1-14(2,3)7-12(17)16-6-4-5-11(10-16)8-15-9-13(18)19/h11,15H,4-10H2,1-3H3,(H,18,19). The number of aliphatic carboxylic acids is 1. The highest BCUT2D eigenvalue weighted by Crippen LogP contribution is 2.23. The summed E-state index contributed by atoms with van der Waals surface area (Å²) in [6.45, 7) is 8.46. The van der Waals surface area contributed by atoms with Crippen LogP contribution >= 0.6 is 0 Å². The first-order valence-electron chi connectivity index (χ1n) is 6.98. The maximum atomic E-state index is 12.2. The fraction of sp³-hybridized carbons (Fsp3) is 0.857. The molecule has 1 atom stereocenters. The lowest BCUT2D eigenvalue weighted by molar-refractivity contribution is -0.137. The van der Waals surface area contributed by atoms with Crippen molar-refractivity contribution in [3.8, 4) is 0 Å². The van der Waals surface area contributed by atoms with Crippen molar-refractivity contribution in [1.82, 2.24) is 10.2 Å². The third-order valence-electron chi connectivity index (χ3n) is 3.26. The van der Waals surface area contributed by atoms with Gasteiger partial charge in [0.2, 0.25) is 5.91 Å². The molecule has 0 aliphatic carbocycles. The zero-order valence-corrected chi connectivity index (χ0v) is 12.2. The Morgan fingerprint density at radius 3 is 2.63 bits per heavy atom. The Morgan fingerprint density at radius 1 is 1.37 bits per heavy atom. The molecule has 19 heavy (non-hydrogen) atoms. The molecule has 0 bridgehead atoms. The number of carbonyl (C=O) groups excluding carboxylic acids is 1. The van der Waals surface area contributed by atoms with Gasteiger partial charge in [-0.2, -0.15) is 0 Å². The lowest BCUT2D eigenvalue weighted by Gasteiger charge is -2.34. The maximum Gasteiger partial charge on any atom is 0.317 e. The predicted octanol–water partition coefficient (Wildman–Crippen LogP) is 1.34. The van der Waals surface area contributed by atoms with Gasteiger partial charge >= 0.3 is 5.97 Å². The van der Waals surface area contributed by atoms with Crippen molar-refractivity contribution in [3.63, 3.8) is 0 Å². The van der Waals surface area contributed by atoms with Gasteiger partial charge in [0.05, 0.1) is 6.54 Å². The molecule has 1 fully saturated rings. The molecular formula is C14H26N2O3. The molecule has 0 radical (unpaired) electrons. The van der Waals surface area contributed by atoms with Crippen LogP contribution in [0.25, 0.3) is 0 Å². The van der Waals surface area contributed by atoms with Crippen LogP contribution in [0.2, 0.25) is 0 Å². The Morgan fingerprint density at radius 2 is 2.05 bits per heavy atom. The summed E-state index contributed by atoms with van der Waals surface area (Å²) in [6, 6.07) is 0. The summed E-state index contributed by atoms with van der Waals surface area (Å²) in [5, 5.41) is 11.5. The van der Waals surface area contributed by atoms with Crippen LogP contribution < -0.4 is 5.32 Å². The number of hydrogen-bond donors (Lipinski definition) is 2. The first-order valence-corrected chi connectivity index (χ1v) is 6.98. The van der Waals surface area contributed by atoms with E-state index in [1.54, 1.807) is 0 Å². The Hall–Kier alpha value is -1.10. The summed E-state index contributed by atoms with van der Waals surface area (Å²) < 4.78 is 0. The van der Waals surface area contributed by atoms with E-state index in [1.807, 2.05) is 4.90 Å². The predicted molar refractivity (Wildman–Crippen MR) is 73.9 cm³/mol. The van der Waals surface area contributed by atoms with Gasteiger partial charge in [-0.15, -0.1) is 0 Å². The summed E-state index contributed by atoms with van der Waals surface area (Å²) in [5.41, 5.74) is 0.0194. The van der Waals surface area contributed by atoms with Gasteiger partial charge in [-0.25, -0.2) is 0 Å². The summed E-state index contributed by atoms with van der Waals surface area (Å²) in [6.07, 6.45) is 2.64. The van der Waals surface area contributed by atoms with Crippen LogP contribution in [0.1, 0.15) is 40.0 Å². The summed E-state index contributed by atoms with van der Waals surface area (Å²) in [5.74, 6) is -0.246. The molecule has 0 spiro atoms. The van der Waals surface area contributed by atoms with Gasteiger partial charge in [0, 0.05) is 26.1 Å². The number of likely N-dealkylation sites (tertiary alicyclic amines) is 1. The first kappa shape index (κ1) is 16.0. The van der Waals surface area contributed by atoms with E-state index in [9.17, 15) is 9.59 Å². The van der Waals surface area contributed by atoms with E-state index in [0.29, 0.717) is 18.9 Å². The number of piperidine rings is 1. The Bertz CT molecular complexity index is 323. The van der Waals surface area contributed by atoms with E-state index in [4.69, 9.17) is 5.11 Å². The van der Waals surface area contributed by atoms with Gasteiger partial charge in [-0.05, 0) is 24.2 Å². The van der Waals surface area contributed by atoms with Crippen molar-refractivity contribution in [2.75, 3.05) is 26.2 Å². The van der Waals surface area contributed by atoms with Gasteiger partial charge in [0.25, 0.3) is 0 Å². The van der Waals surface area contributed by atoms with E-state index in [0.717, 1.165) is 25.9 Å². The highest BCUT2D eigenvalue weighted by Gasteiger charge is 2.26. The van der Waals surface area contributed by atoms with Crippen LogP contribution in [-0.2, 0) is 9.59 Å². The van der Waals surface area contributed by atoms with E-state index >= 15 is 0 Å². The average molecular weight is 270 g/mol. The molecule has 0 aromatic heterocycles. The molecule has 1 heterocycles.